The van der Waals surface area contributed by atoms with E-state index >= 15 is 0 Å². The summed E-state index contributed by atoms with van der Waals surface area (Å²) in [5, 5.41) is 14.0. The predicted molar refractivity (Wildman–Crippen MR) is 96.4 cm³/mol. The summed E-state index contributed by atoms with van der Waals surface area (Å²) in [6.07, 6.45) is -4.48. The Morgan fingerprint density at radius 3 is 2.55 bits per heavy atom. The lowest BCUT2D eigenvalue weighted by atomic mass is 10.1. The number of hydrogen-bond acceptors (Lipinski definition) is 6. The molecule has 29 heavy (non-hydrogen) atoms. The Hall–Kier alpha value is -3.63. The summed E-state index contributed by atoms with van der Waals surface area (Å²) in [6, 6.07) is 9.40. The summed E-state index contributed by atoms with van der Waals surface area (Å²) >= 11 is 0. The van der Waals surface area contributed by atoms with Crippen LogP contribution in [0, 0.1) is 0 Å². The Morgan fingerprint density at radius 1 is 1.10 bits per heavy atom. The summed E-state index contributed by atoms with van der Waals surface area (Å²) in [7, 11) is 2.96. The quantitative estimate of drug-likeness (QED) is 0.676. The summed E-state index contributed by atoms with van der Waals surface area (Å²) in [5.74, 6) is 0.477. The normalized spacial score (nSPS) is 11.2. The zero-order chi connectivity index (χ0) is 21.0. The zero-order valence-corrected chi connectivity index (χ0v) is 15.4. The number of benzene rings is 2. The largest absolute Gasteiger partial charge is 0.493 e. The predicted octanol–water partition coefficient (Wildman–Crippen LogP) is 3.01. The number of anilines is 1. The number of amides is 1. The molecule has 3 aromatic rings. The van der Waals surface area contributed by atoms with Crippen LogP contribution in [-0.2, 0) is 17.5 Å². The van der Waals surface area contributed by atoms with E-state index in [1.165, 1.54) is 26.4 Å². The molecule has 0 saturated heterocycles. The maximum Gasteiger partial charge on any atom is 0.416 e. The minimum atomic E-state index is -4.48. The number of carbonyl (C=O) groups is 1. The second-order valence-corrected chi connectivity index (χ2v) is 5.84. The minimum Gasteiger partial charge on any atom is -0.493 e. The molecule has 11 heteroatoms. The minimum absolute atomic E-state index is 0.0185. The second kappa shape index (κ2) is 8.17. The zero-order valence-electron chi connectivity index (χ0n) is 15.4. The number of nitrogens with zero attached hydrogens (tertiary/aromatic N) is 4. The van der Waals surface area contributed by atoms with Gasteiger partial charge in [0.1, 0.15) is 6.54 Å². The van der Waals surface area contributed by atoms with Gasteiger partial charge in [0.05, 0.1) is 19.8 Å². The molecule has 0 radical (unpaired) electrons. The molecule has 0 unspecified atom stereocenters. The Kier molecular flexibility index (Phi) is 5.66. The first kappa shape index (κ1) is 20.1. The highest BCUT2D eigenvalue weighted by Gasteiger charge is 2.30. The van der Waals surface area contributed by atoms with Gasteiger partial charge in [0.15, 0.2) is 11.5 Å². The average Bonchev–Trinajstić information content (AvgIpc) is 3.15. The standard InChI is InChI=1S/C18H16F3N5O3/c1-28-14-7-6-13(9-15(14)29-2)22-16(27)10-26-24-17(23-25-26)11-4-3-5-12(8-11)18(19,20)21/h3-9H,10H2,1-2H3,(H,22,27). The molecule has 0 spiro atoms. The molecule has 0 atom stereocenters. The van der Waals surface area contributed by atoms with E-state index in [1.54, 1.807) is 18.2 Å². The Morgan fingerprint density at radius 2 is 1.86 bits per heavy atom. The highest BCUT2D eigenvalue weighted by molar-refractivity contribution is 5.90. The van der Waals surface area contributed by atoms with Crippen LogP contribution in [0.25, 0.3) is 11.4 Å². The third-order valence-electron chi connectivity index (χ3n) is 3.85. The molecule has 0 bridgehead atoms. The van der Waals surface area contributed by atoms with Crippen LogP contribution in [-0.4, -0.2) is 40.3 Å². The smallest absolute Gasteiger partial charge is 0.416 e. The number of methoxy groups -OCH3 is 2. The molecule has 0 fully saturated rings. The van der Waals surface area contributed by atoms with E-state index in [0.717, 1.165) is 16.9 Å². The maximum absolute atomic E-state index is 12.8. The van der Waals surface area contributed by atoms with E-state index in [-0.39, 0.29) is 17.9 Å². The van der Waals surface area contributed by atoms with Crippen LogP contribution in [0.15, 0.2) is 42.5 Å². The van der Waals surface area contributed by atoms with Crippen LogP contribution in [0.2, 0.25) is 0 Å². The van der Waals surface area contributed by atoms with Gasteiger partial charge in [0.2, 0.25) is 11.7 Å². The second-order valence-electron chi connectivity index (χ2n) is 5.84. The third kappa shape index (κ3) is 4.81. The van der Waals surface area contributed by atoms with Gasteiger partial charge in [-0.3, -0.25) is 4.79 Å². The molecule has 152 valence electrons. The van der Waals surface area contributed by atoms with Crippen molar-refractivity contribution >= 4 is 11.6 Å². The molecule has 2 aromatic carbocycles. The van der Waals surface area contributed by atoms with Crippen LogP contribution in [0.5, 0.6) is 11.5 Å². The molecule has 0 aliphatic rings. The fraction of sp³-hybridized carbons (Fsp3) is 0.222. The lowest BCUT2D eigenvalue weighted by Gasteiger charge is -2.10. The van der Waals surface area contributed by atoms with Crippen molar-refractivity contribution in [2.75, 3.05) is 19.5 Å². The Balaban J connectivity index is 1.70. The van der Waals surface area contributed by atoms with Crippen molar-refractivity contribution in [3.05, 3.63) is 48.0 Å². The van der Waals surface area contributed by atoms with Crippen molar-refractivity contribution < 1.29 is 27.4 Å². The molecule has 0 aliphatic carbocycles. The van der Waals surface area contributed by atoms with Gasteiger partial charge < -0.3 is 14.8 Å². The first-order valence-electron chi connectivity index (χ1n) is 8.27. The summed E-state index contributed by atoms with van der Waals surface area (Å²) < 4.78 is 48.8. The highest BCUT2D eigenvalue weighted by atomic mass is 19.4. The fourth-order valence-electron chi connectivity index (χ4n) is 2.50. The number of tetrazole rings is 1. The number of hydrogen-bond donors (Lipinski definition) is 1. The Bertz CT molecular complexity index is 1020. The van der Waals surface area contributed by atoms with E-state index in [9.17, 15) is 18.0 Å². The number of alkyl halides is 3. The maximum atomic E-state index is 12.8. The highest BCUT2D eigenvalue weighted by Crippen LogP contribution is 2.31. The molecule has 1 aromatic heterocycles. The van der Waals surface area contributed by atoms with Crippen LogP contribution < -0.4 is 14.8 Å². The first-order chi connectivity index (χ1) is 13.8. The number of carbonyl (C=O) groups excluding carboxylic acids is 1. The summed E-state index contributed by atoms with van der Waals surface area (Å²) in [5.41, 5.74) is -0.213. The van der Waals surface area contributed by atoms with E-state index in [0.29, 0.717) is 17.2 Å². The van der Waals surface area contributed by atoms with E-state index < -0.39 is 17.6 Å². The summed E-state index contributed by atoms with van der Waals surface area (Å²) in [4.78, 5) is 13.2. The van der Waals surface area contributed by atoms with E-state index in [1.807, 2.05) is 0 Å². The lowest BCUT2D eigenvalue weighted by molar-refractivity contribution is -0.137. The van der Waals surface area contributed by atoms with Crippen molar-refractivity contribution in [2.45, 2.75) is 12.7 Å². The molecule has 8 nitrogen and oxygen atoms in total. The van der Waals surface area contributed by atoms with Gasteiger partial charge in [-0.15, -0.1) is 10.2 Å². The molecule has 1 amide bonds. The monoisotopic (exact) mass is 407 g/mol. The number of nitrogens with one attached hydrogen (secondary N) is 1. The van der Waals surface area contributed by atoms with Crippen molar-refractivity contribution in [1.82, 2.24) is 20.2 Å². The van der Waals surface area contributed by atoms with Crippen LogP contribution in [0.3, 0.4) is 0 Å². The molecule has 1 N–H and O–H groups in total. The first-order valence-corrected chi connectivity index (χ1v) is 8.27. The molecule has 1 heterocycles. The van der Waals surface area contributed by atoms with Gasteiger partial charge in [-0.25, -0.2) is 0 Å². The van der Waals surface area contributed by atoms with E-state index in [4.69, 9.17) is 9.47 Å². The number of aromatic nitrogens is 4. The lowest BCUT2D eigenvalue weighted by Crippen LogP contribution is -2.20. The molecule has 0 aliphatic heterocycles. The van der Waals surface area contributed by atoms with Gasteiger partial charge in [-0.2, -0.15) is 18.0 Å². The van der Waals surface area contributed by atoms with Gasteiger partial charge in [-0.05, 0) is 29.5 Å². The van der Waals surface area contributed by atoms with Crippen molar-refractivity contribution in [1.29, 1.82) is 0 Å². The van der Waals surface area contributed by atoms with Crippen molar-refractivity contribution in [2.24, 2.45) is 0 Å². The van der Waals surface area contributed by atoms with Crippen LogP contribution >= 0.6 is 0 Å². The van der Waals surface area contributed by atoms with Gasteiger partial charge in [-0.1, -0.05) is 12.1 Å². The molecule has 3 rings (SSSR count). The SMILES string of the molecule is COc1ccc(NC(=O)Cn2nnc(-c3cccc(C(F)(F)F)c3)n2)cc1OC. The van der Waals surface area contributed by atoms with Gasteiger partial charge in [0.25, 0.3) is 0 Å². The van der Waals surface area contributed by atoms with Gasteiger partial charge in [0, 0.05) is 17.3 Å². The van der Waals surface area contributed by atoms with Gasteiger partial charge >= 0.3 is 6.18 Å². The molecular formula is C18H16F3N5O3. The van der Waals surface area contributed by atoms with Crippen LogP contribution in [0.1, 0.15) is 5.56 Å². The number of ether oxygens (including phenoxy) is 2. The summed E-state index contributed by atoms with van der Waals surface area (Å²) in [6.45, 7) is -0.277. The van der Waals surface area contributed by atoms with Crippen molar-refractivity contribution in [3.8, 4) is 22.9 Å². The Labute approximate surface area is 163 Å². The topological polar surface area (TPSA) is 91.2 Å². The van der Waals surface area contributed by atoms with Crippen LogP contribution in [0.4, 0.5) is 18.9 Å². The van der Waals surface area contributed by atoms with E-state index in [2.05, 4.69) is 20.7 Å². The average molecular weight is 407 g/mol. The number of halogens is 3. The van der Waals surface area contributed by atoms with Crippen molar-refractivity contribution in [3.63, 3.8) is 0 Å². The molecular weight excluding hydrogens is 391 g/mol. The third-order valence-corrected chi connectivity index (χ3v) is 3.85. The number of rotatable bonds is 6. The molecule has 0 saturated carbocycles. The fourth-order valence-corrected chi connectivity index (χ4v) is 2.50.